The summed E-state index contributed by atoms with van der Waals surface area (Å²) in [6.07, 6.45) is -3.34. The Balaban J connectivity index is 1.40. The molecule has 0 saturated carbocycles. The van der Waals surface area contributed by atoms with E-state index in [1.807, 2.05) is 11.9 Å². The zero-order chi connectivity index (χ0) is 31.7. The number of thiophene rings is 1. The van der Waals surface area contributed by atoms with Gasteiger partial charge in [-0.1, -0.05) is 24.0 Å². The highest BCUT2D eigenvalue weighted by Gasteiger charge is 2.32. The first-order chi connectivity index (χ1) is 20.7. The third-order valence-corrected chi connectivity index (χ3v) is 12.2. The molecular formula is C30H34F4N3O2PS. The van der Waals surface area contributed by atoms with E-state index in [0.29, 0.717) is 52.1 Å². The minimum Gasteiger partial charge on any atom is -0.495 e. The summed E-state index contributed by atoms with van der Waals surface area (Å²) < 4.78 is 97.4. The first-order valence-corrected chi connectivity index (χ1v) is 16.4. The van der Waals surface area contributed by atoms with Crippen LogP contribution >= 0.6 is 18.5 Å². The van der Waals surface area contributed by atoms with Gasteiger partial charge in [0.25, 0.3) is 0 Å². The van der Waals surface area contributed by atoms with Crippen LogP contribution in [0.15, 0.2) is 36.4 Å². The maximum Gasteiger partial charge on any atom is 0.393 e. The average molecular weight is 611 g/mol. The van der Waals surface area contributed by atoms with Gasteiger partial charge in [0.2, 0.25) is 0 Å². The topological polar surface area (TPSA) is 53.6 Å². The second-order valence-corrected chi connectivity index (χ2v) is 14.9. The lowest BCUT2D eigenvalue weighted by molar-refractivity contribution is -0.126. The van der Waals surface area contributed by atoms with Crippen molar-refractivity contribution in [3.63, 3.8) is 0 Å². The van der Waals surface area contributed by atoms with E-state index in [0.717, 1.165) is 24.2 Å². The molecule has 0 spiro atoms. The van der Waals surface area contributed by atoms with E-state index >= 15 is 0 Å². The number of anilines is 2. The number of piperidine rings is 1. The number of hydrogen-bond acceptors (Lipinski definition) is 6. The van der Waals surface area contributed by atoms with Crippen LogP contribution in [0.3, 0.4) is 0 Å². The number of likely N-dealkylation sites (tertiary alicyclic amines) is 1. The maximum absolute atomic E-state index is 14.7. The van der Waals surface area contributed by atoms with Gasteiger partial charge in [-0.05, 0) is 61.5 Å². The average Bonchev–Trinajstić information content (AvgIpc) is 3.52. The van der Waals surface area contributed by atoms with Crippen molar-refractivity contribution in [1.82, 2.24) is 4.90 Å². The molecule has 5 rings (SSSR count). The molecule has 2 atom stereocenters. The molecule has 2 aliphatic heterocycles. The van der Waals surface area contributed by atoms with Crippen LogP contribution in [0.4, 0.5) is 28.9 Å². The van der Waals surface area contributed by atoms with Crippen LogP contribution in [0.25, 0.3) is 10.1 Å². The summed E-state index contributed by atoms with van der Waals surface area (Å²) in [6.45, 7) is 0.975. The Labute approximate surface area is 246 Å². The lowest BCUT2D eigenvalue weighted by Gasteiger charge is -2.33. The molecular weight excluding hydrogens is 573 g/mol. The molecule has 2 aromatic carbocycles. The van der Waals surface area contributed by atoms with E-state index in [1.54, 1.807) is 30.3 Å². The summed E-state index contributed by atoms with van der Waals surface area (Å²) in [5, 5.41) is 7.21. The van der Waals surface area contributed by atoms with Gasteiger partial charge in [-0.3, -0.25) is 0 Å². The second kappa shape index (κ2) is 12.2. The Morgan fingerprint density at radius 2 is 2.02 bits per heavy atom. The van der Waals surface area contributed by atoms with Crippen molar-refractivity contribution in [1.29, 1.82) is 0 Å². The van der Waals surface area contributed by atoms with Crippen LogP contribution in [-0.2, 0) is 11.0 Å². The van der Waals surface area contributed by atoms with Crippen molar-refractivity contribution in [2.45, 2.75) is 44.1 Å². The molecule has 0 aliphatic carbocycles. The standard InChI is InChI=1S/C30H34F4N3O2PS/c1-37-14-12-24(23(31)19-37)36-26-8-5-7-21-22(18-30(32,33)34)28(41-29(21)26)9-6-13-35-25-11-10-20(17-27(25)39-2)40(38)15-3-4-16-40/h5,7-8,10-11,17,23-24,35-36H,3-4,12-16,18-19H2,1-2H3/i2D3. The number of alkyl halides is 4. The van der Waals surface area contributed by atoms with Gasteiger partial charge in [-0.25, -0.2) is 4.39 Å². The van der Waals surface area contributed by atoms with Crippen molar-refractivity contribution >= 4 is 45.2 Å². The number of ether oxygens (including phenoxy) is 1. The van der Waals surface area contributed by atoms with E-state index in [-0.39, 0.29) is 29.3 Å². The maximum atomic E-state index is 14.7. The molecule has 3 aromatic rings. The van der Waals surface area contributed by atoms with Crippen molar-refractivity contribution in [3.05, 3.63) is 46.8 Å². The molecule has 2 aliphatic rings. The van der Waals surface area contributed by atoms with Gasteiger partial charge < -0.3 is 24.8 Å². The van der Waals surface area contributed by atoms with Gasteiger partial charge >= 0.3 is 6.18 Å². The van der Waals surface area contributed by atoms with E-state index in [4.69, 9.17) is 8.85 Å². The van der Waals surface area contributed by atoms with Gasteiger partial charge in [0.15, 0.2) is 0 Å². The number of hydrogen-bond donors (Lipinski definition) is 2. The summed E-state index contributed by atoms with van der Waals surface area (Å²) in [6, 6.07) is 9.38. The first-order valence-electron chi connectivity index (χ1n) is 15.1. The monoisotopic (exact) mass is 610 g/mol. The molecule has 0 radical (unpaired) electrons. The third-order valence-electron chi connectivity index (χ3n) is 7.68. The summed E-state index contributed by atoms with van der Waals surface area (Å²) in [5.41, 5.74) is 0.959. The Morgan fingerprint density at radius 1 is 1.22 bits per heavy atom. The number of methoxy groups -OCH3 is 1. The molecule has 0 bridgehead atoms. The van der Waals surface area contributed by atoms with Crippen LogP contribution in [0.5, 0.6) is 5.75 Å². The predicted octanol–water partition coefficient (Wildman–Crippen LogP) is 6.71. The fraction of sp³-hybridized carbons (Fsp3) is 0.467. The third kappa shape index (κ3) is 6.85. The molecule has 220 valence electrons. The fourth-order valence-electron chi connectivity index (χ4n) is 5.54. The van der Waals surface area contributed by atoms with Crippen LogP contribution in [0.1, 0.15) is 33.8 Å². The quantitative estimate of drug-likeness (QED) is 0.177. The highest BCUT2D eigenvalue weighted by atomic mass is 32.1. The molecule has 1 aromatic heterocycles. The predicted molar refractivity (Wildman–Crippen MR) is 161 cm³/mol. The number of benzene rings is 2. The summed E-state index contributed by atoms with van der Waals surface area (Å²) in [7, 11) is -3.50. The number of nitrogens with one attached hydrogen (secondary N) is 2. The highest BCUT2D eigenvalue weighted by Crippen LogP contribution is 2.51. The zero-order valence-corrected chi connectivity index (χ0v) is 24.3. The lowest BCUT2D eigenvalue weighted by atomic mass is 10.0. The fourth-order valence-corrected chi connectivity index (χ4v) is 9.62. The number of nitrogens with zero attached hydrogens (tertiary/aromatic N) is 1. The van der Waals surface area contributed by atoms with Gasteiger partial charge in [-0.2, -0.15) is 13.2 Å². The van der Waals surface area contributed by atoms with Crippen LogP contribution in [0.2, 0.25) is 0 Å². The Morgan fingerprint density at radius 3 is 2.76 bits per heavy atom. The Kier molecular flexibility index (Phi) is 7.75. The summed E-state index contributed by atoms with van der Waals surface area (Å²) >= 11 is 1.13. The van der Waals surface area contributed by atoms with Gasteiger partial charge in [-0.15, -0.1) is 11.3 Å². The number of fused-ring (bicyclic) bond motifs is 1. The minimum atomic E-state index is -4.46. The normalized spacial score (nSPS) is 22.3. The molecule has 11 heteroatoms. The van der Waals surface area contributed by atoms with E-state index in [1.165, 1.54) is 6.07 Å². The van der Waals surface area contributed by atoms with E-state index < -0.39 is 39.0 Å². The number of halogens is 4. The smallest absolute Gasteiger partial charge is 0.393 e. The lowest BCUT2D eigenvalue weighted by Crippen LogP contribution is -2.46. The molecule has 0 amide bonds. The molecule has 3 heterocycles. The van der Waals surface area contributed by atoms with Crippen molar-refractivity contribution in [2.75, 3.05) is 56.7 Å². The number of rotatable bonds is 7. The van der Waals surface area contributed by atoms with Gasteiger partial charge in [0.05, 0.1) is 51.1 Å². The summed E-state index contributed by atoms with van der Waals surface area (Å²) in [5.74, 6) is 5.75. The molecule has 5 nitrogen and oxygen atoms in total. The van der Waals surface area contributed by atoms with Gasteiger partial charge in [0.1, 0.15) is 19.1 Å². The molecule has 2 unspecified atom stereocenters. The molecule has 2 saturated heterocycles. The van der Waals surface area contributed by atoms with Gasteiger partial charge in [0, 0.05) is 30.7 Å². The van der Waals surface area contributed by atoms with E-state index in [2.05, 4.69) is 22.5 Å². The Bertz CT molecular complexity index is 1610. The molecule has 41 heavy (non-hydrogen) atoms. The SMILES string of the molecule is [2H]C([2H])([2H])Oc1cc(P2(=O)CCCC2)ccc1NCC#Cc1sc2c(NC3CCN(C)CC3F)cccc2c1CC(F)(F)F. The molecule has 2 fully saturated rings. The summed E-state index contributed by atoms with van der Waals surface area (Å²) in [4.78, 5) is 2.16. The van der Waals surface area contributed by atoms with Crippen LogP contribution in [0, 0.1) is 11.8 Å². The largest absolute Gasteiger partial charge is 0.495 e. The molecule has 2 N–H and O–H groups in total. The Hall–Kier alpha value is -2.73. The zero-order valence-electron chi connectivity index (χ0n) is 25.6. The van der Waals surface area contributed by atoms with Crippen molar-refractivity contribution in [2.24, 2.45) is 0 Å². The first kappa shape index (κ1) is 25.9. The minimum absolute atomic E-state index is 0.0156. The van der Waals surface area contributed by atoms with E-state index in [9.17, 15) is 22.1 Å². The highest BCUT2D eigenvalue weighted by molar-refractivity contribution is 7.71. The van der Waals surface area contributed by atoms with Crippen LogP contribution < -0.4 is 20.7 Å². The van der Waals surface area contributed by atoms with Crippen molar-refractivity contribution < 1.29 is 31.0 Å². The van der Waals surface area contributed by atoms with Crippen molar-refractivity contribution in [3.8, 4) is 17.6 Å². The van der Waals surface area contributed by atoms with Crippen LogP contribution in [-0.4, -0.2) is 69.3 Å². The second-order valence-electron chi connectivity index (χ2n) is 10.7.